The van der Waals surface area contributed by atoms with Gasteiger partial charge in [0.05, 0.1) is 34.0 Å². The average Bonchev–Trinajstić information content (AvgIpc) is 3.99. The largest absolute Gasteiger partial charge is 0.312 e. The predicted molar refractivity (Wildman–Crippen MR) is 254 cm³/mol. The van der Waals surface area contributed by atoms with Gasteiger partial charge >= 0.3 is 0 Å². The van der Waals surface area contributed by atoms with E-state index in [1.54, 1.807) is 0 Å². The third-order valence-corrected chi connectivity index (χ3v) is 12.6. The molecule has 3 aromatic heterocycles. The molecule has 0 amide bonds. The Hall–Kier alpha value is -7.69. The molecule has 9 aromatic carbocycles. The summed E-state index contributed by atoms with van der Waals surface area (Å²) in [5, 5.41) is 17.6. The van der Waals surface area contributed by atoms with Gasteiger partial charge in [-0.3, -0.25) is 0 Å². The summed E-state index contributed by atoms with van der Waals surface area (Å²) in [5.41, 5.74) is 12.6. The third-order valence-electron chi connectivity index (χ3n) is 12.6. The monoisotopic (exact) mass is 768 g/mol. The van der Waals surface area contributed by atoms with Crippen molar-refractivity contribution in [2.45, 2.75) is 19.8 Å². The van der Waals surface area contributed by atoms with Crippen molar-refractivity contribution in [2.24, 2.45) is 0 Å². The van der Waals surface area contributed by atoms with E-state index in [0.717, 1.165) is 51.8 Å². The summed E-state index contributed by atoms with van der Waals surface area (Å²) in [6.45, 7) is 6.53. The third kappa shape index (κ3) is 4.94. The highest BCUT2D eigenvalue weighted by Gasteiger charge is 2.23. The first-order valence-corrected chi connectivity index (χ1v) is 20.9. The Morgan fingerprint density at radius 3 is 1.83 bits per heavy atom. The van der Waals surface area contributed by atoms with Crippen LogP contribution in [0.5, 0.6) is 0 Å². The second kappa shape index (κ2) is 13.4. The zero-order valence-corrected chi connectivity index (χ0v) is 33.3. The van der Waals surface area contributed by atoms with E-state index in [2.05, 4.69) is 209 Å². The maximum absolute atomic E-state index is 5.22. The van der Waals surface area contributed by atoms with E-state index in [4.69, 9.17) is 5.10 Å². The molecule has 0 aliphatic heterocycles. The molecule has 0 radical (unpaired) electrons. The normalized spacial score (nSPS) is 11.9. The number of nitrogens with zero attached hydrogens (tertiary/aromatic N) is 4. The topological polar surface area (TPSA) is 27.7 Å². The summed E-state index contributed by atoms with van der Waals surface area (Å²) in [6.07, 6.45) is 6.07. The molecule has 4 heteroatoms. The van der Waals surface area contributed by atoms with Gasteiger partial charge in [0.1, 0.15) is 0 Å². The first-order valence-electron chi connectivity index (χ1n) is 20.9. The van der Waals surface area contributed by atoms with Gasteiger partial charge < -0.3 is 9.13 Å². The Bertz CT molecular complexity index is 3660. The van der Waals surface area contributed by atoms with Crippen LogP contribution in [0.2, 0.25) is 0 Å². The number of rotatable bonds is 7. The second-order valence-corrected chi connectivity index (χ2v) is 15.9. The van der Waals surface area contributed by atoms with E-state index in [9.17, 15) is 0 Å². The predicted octanol–water partition coefficient (Wildman–Crippen LogP) is 14.8. The van der Waals surface area contributed by atoms with Gasteiger partial charge in [0.15, 0.2) is 0 Å². The molecular weight excluding hydrogens is 729 g/mol. The Kier molecular flexibility index (Phi) is 7.69. The van der Waals surface area contributed by atoms with E-state index in [1.165, 1.54) is 76.4 Å². The molecule has 3 heterocycles. The van der Waals surface area contributed by atoms with Gasteiger partial charge in [-0.2, -0.15) is 5.10 Å². The minimum Gasteiger partial charge on any atom is -0.312 e. The van der Waals surface area contributed by atoms with Crippen LogP contribution >= 0.6 is 0 Å². The summed E-state index contributed by atoms with van der Waals surface area (Å²) >= 11 is 0. The summed E-state index contributed by atoms with van der Waals surface area (Å²) in [4.78, 5) is 0. The molecule has 0 atom stereocenters. The highest BCUT2D eigenvalue weighted by atomic mass is 15.3. The lowest BCUT2D eigenvalue weighted by molar-refractivity contribution is 0.852. The fourth-order valence-corrected chi connectivity index (χ4v) is 10.1. The smallest absolute Gasteiger partial charge is 0.0899 e. The molecule has 0 N–H and O–H groups in total. The molecular formula is C56H40N4. The fourth-order valence-electron chi connectivity index (χ4n) is 10.1. The SMILES string of the molecule is C=Cc1c(CCC)n(-c2ccccc2)c2c1ccc1c2cnn1-c1cccc2c3ccccc3n(-c3cccc(-c4ccc5c6ccccc6c6ccccc6c5c4)c3)c12. The quantitative estimate of drug-likeness (QED) is 0.148. The van der Waals surface area contributed by atoms with Crippen LogP contribution in [-0.2, 0) is 6.42 Å². The second-order valence-electron chi connectivity index (χ2n) is 15.9. The Morgan fingerprint density at radius 1 is 0.467 bits per heavy atom. The molecule has 12 rings (SSSR count). The molecule has 0 bridgehead atoms. The van der Waals surface area contributed by atoms with Crippen LogP contribution in [0.4, 0.5) is 0 Å². The Balaban J connectivity index is 1.08. The zero-order valence-electron chi connectivity index (χ0n) is 33.3. The summed E-state index contributed by atoms with van der Waals surface area (Å²) in [5.74, 6) is 0. The molecule has 4 nitrogen and oxygen atoms in total. The van der Waals surface area contributed by atoms with Crippen LogP contribution in [0, 0.1) is 0 Å². The van der Waals surface area contributed by atoms with Crippen molar-refractivity contribution in [3.63, 3.8) is 0 Å². The zero-order chi connectivity index (χ0) is 39.9. The van der Waals surface area contributed by atoms with Crippen molar-refractivity contribution < 1.29 is 0 Å². The first kappa shape index (κ1) is 34.4. The van der Waals surface area contributed by atoms with Crippen LogP contribution < -0.4 is 0 Å². The van der Waals surface area contributed by atoms with Crippen LogP contribution in [0.3, 0.4) is 0 Å². The lowest BCUT2D eigenvalue weighted by atomic mass is 9.92. The number of aromatic nitrogens is 4. The minimum atomic E-state index is 0.950. The highest BCUT2D eigenvalue weighted by Crippen LogP contribution is 2.41. The van der Waals surface area contributed by atoms with Gasteiger partial charge in [-0.15, -0.1) is 0 Å². The number of hydrogen-bond acceptors (Lipinski definition) is 1. The lowest BCUT2D eigenvalue weighted by Gasteiger charge is -2.15. The van der Waals surface area contributed by atoms with Crippen molar-refractivity contribution in [1.82, 2.24) is 18.9 Å². The van der Waals surface area contributed by atoms with Crippen LogP contribution in [0.25, 0.3) is 110 Å². The van der Waals surface area contributed by atoms with E-state index in [-0.39, 0.29) is 0 Å². The van der Waals surface area contributed by atoms with Crippen molar-refractivity contribution in [2.75, 3.05) is 0 Å². The summed E-state index contributed by atoms with van der Waals surface area (Å²) in [7, 11) is 0. The van der Waals surface area contributed by atoms with E-state index in [0.29, 0.717) is 0 Å². The molecule has 0 aliphatic carbocycles. The molecule has 0 saturated carbocycles. The van der Waals surface area contributed by atoms with Crippen molar-refractivity contribution >= 4 is 82.0 Å². The minimum absolute atomic E-state index is 0.950. The molecule has 60 heavy (non-hydrogen) atoms. The molecule has 0 fully saturated rings. The van der Waals surface area contributed by atoms with Crippen LogP contribution in [0.1, 0.15) is 24.6 Å². The Labute approximate surface area is 347 Å². The fraction of sp³-hybridized carbons (Fsp3) is 0.0536. The van der Waals surface area contributed by atoms with Gasteiger partial charge in [-0.25, -0.2) is 4.68 Å². The summed E-state index contributed by atoms with van der Waals surface area (Å²) in [6, 6.07) is 64.2. The van der Waals surface area contributed by atoms with Gasteiger partial charge in [-0.05, 0) is 98.4 Å². The summed E-state index contributed by atoms with van der Waals surface area (Å²) < 4.78 is 7.01. The number of hydrogen-bond donors (Lipinski definition) is 0. The molecule has 12 aromatic rings. The molecule has 284 valence electrons. The van der Waals surface area contributed by atoms with E-state index in [1.807, 2.05) is 6.08 Å². The van der Waals surface area contributed by atoms with E-state index >= 15 is 0 Å². The van der Waals surface area contributed by atoms with E-state index < -0.39 is 0 Å². The lowest BCUT2D eigenvalue weighted by Crippen LogP contribution is -2.02. The van der Waals surface area contributed by atoms with Gasteiger partial charge in [0, 0.05) is 44.2 Å². The first-order chi connectivity index (χ1) is 29.7. The van der Waals surface area contributed by atoms with Crippen molar-refractivity contribution in [1.29, 1.82) is 0 Å². The van der Waals surface area contributed by atoms with Crippen LogP contribution in [0.15, 0.2) is 189 Å². The molecule has 0 spiro atoms. The highest BCUT2D eigenvalue weighted by molar-refractivity contribution is 6.25. The van der Waals surface area contributed by atoms with Gasteiger partial charge in [-0.1, -0.05) is 153 Å². The maximum atomic E-state index is 5.22. The number of benzene rings is 9. The number of fused-ring (bicyclic) bond motifs is 12. The molecule has 0 unspecified atom stereocenters. The number of para-hydroxylation sites is 3. The Morgan fingerprint density at radius 2 is 1.08 bits per heavy atom. The standard InChI is InChI=1S/C56H40N4/c1-3-16-51-40(4-2)48-31-32-53-50(55(48)58(51)38-18-6-5-7-19-38)35-57-60(53)54-28-15-26-47-46-25-12-13-27-52(46)59(56(47)54)39-20-14-17-36(33-39)37-29-30-45-43-23-9-8-21-41(43)42-22-10-11-24-44(42)49(45)34-37/h4-15,17-35H,2-3,16H2,1H3. The van der Waals surface area contributed by atoms with Gasteiger partial charge in [0.25, 0.3) is 0 Å². The van der Waals surface area contributed by atoms with Crippen molar-refractivity contribution in [3.8, 4) is 28.2 Å². The molecule has 0 aliphatic rings. The van der Waals surface area contributed by atoms with Crippen molar-refractivity contribution in [3.05, 3.63) is 200 Å². The average molecular weight is 769 g/mol. The van der Waals surface area contributed by atoms with Crippen LogP contribution in [-0.4, -0.2) is 18.9 Å². The van der Waals surface area contributed by atoms with Gasteiger partial charge in [0.2, 0.25) is 0 Å². The molecule has 0 saturated heterocycles. The maximum Gasteiger partial charge on any atom is 0.0899 e.